The average molecular weight is 634 g/mol. The summed E-state index contributed by atoms with van der Waals surface area (Å²) < 4.78 is 13.0. The zero-order valence-electron chi connectivity index (χ0n) is 26.7. The van der Waals surface area contributed by atoms with E-state index in [2.05, 4.69) is 10.2 Å². The number of carbonyl (C=O) groups is 2. The molecule has 1 saturated heterocycles. The third-order valence-electron chi connectivity index (χ3n) is 8.57. The van der Waals surface area contributed by atoms with Crippen LogP contribution in [0.5, 0.6) is 0 Å². The lowest BCUT2D eigenvalue weighted by molar-refractivity contribution is -0.253. The maximum Gasteiger partial charge on any atom is 0.243 e. The van der Waals surface area contributed by atoms with Gasteiger partial charge in [0.15, 0.2) is 6.29 Å². The number of hydrogen-bond donors (Lipinski definition) is 5. The molecule has 46 heavy (non-hydrogen) atoms. The van der Waals surface area contributed by atoms with E-state index in [1.54, 1.807) is 5.48 Å². The standard InChI is InChI=1S/C36H47N3O7/c1-25(35(43)29-9-5-3-6-10-29)39(2)23-31-21-32(28-17-15-27(24-40)16-18-28)46-36(45-31)30-19-13-26(14-20-30)22-37-33(41)11-7-4-8-12-34(42)38-44/h3,5-6,9-10,13-20,25,31-32,35-36,40,43-44H,4,7-8,11-12,21-24H2,1-2H3,(H,37,41)(H,38,42)/t25-,31-,32+,35-,36+/m0/s1. The van der Waals surface area contributed by atoms with E-state index in [4.69, 9.17) is 14.7 Å². The van der Waals surface area contributed by atoms with E-state index in [0.29, 0.717) is 38.8 Å². The minimum Gasteiger partial charge on any atom is -0.392 e. The molecular formula is C36H47N3O7. The number of benzene rings is 3. The molecule has 0 bridgehead atoms. The number of nitrogens with one attached hydrogen (secondary N) is 2. The van der Waals surface area contributed by atoms with Crippen molar-refractivity contribution in [2.75, 3.05) is 13.6 Å². The monoisotopic (exact) mass is 633 g/mol. The smallest absolute Gasteiger partial charge is 0.243 e. The van der Waals surface area contributed by atoms with Crippen LogP contribution >= 0.6 is 0 Å². The average Bonchev–Trinajstić information content (AvgIpc) is 3.10. The molecule has 3 aromatic rings. The molecule has 4 rings (SSSR count). The lowest BCUT2D eigenvalue weighted by atomic mass is 9.98. The molecule has 1 aliphatic heterocycles. The molecule has 0 aromatic heterocycles. The van der Waals surface area contributed by atoms with Gasteiger partial charge in [0, 0.05) is 44.0 Å². The third kappa shape index (κ3) is 10.4. The molecule has 2 amide bonds. The predicted octanol–water partition coefficient (Wildman–Crippen LogP) is 4.85. The number of ether oxygens (including phenoxy) is 2. The fraction of sp³-hybridized carbons (Fsp3) is 0.444. The first kappa shape index (κ1) is 35.2. The Bertz CT molecular complexity index is 1350. The minimum absolute atomic E-state index is 0.0229. The Morgan fingerprint density at radius 1 is 0.870 bits per heavy atom. The van der Waals surface area contributed by atoms with Crippen LogP contribution in [0.3, 0.4) is 0 Å². The molecule has 10 nitrogen and oxygen atoms in total. The van der Waals surface area contributed by atoms with Crippen molar-refractivity contribution in [2.45, 2.75) is 89.2 Å². The highest BCUT2D eigenvalue weighted by molar-refractivity contribution is 5.76. The van der Waals surface area contributed by atoms with Crippen LogP contribution in [0, 0.1) is 0 Å². The number of likely N-dealkylation sites (N-methyl/N-ethyl adjacent to an activating group) is 1. The summed E-state index contributed by atoms with van der Waals surface area (Å²) in [4.78, 5) is 25.5. The number of carbonyl (C=O) groups excluding carboxylic acids is 2. The first-order valence-corrected chi connectivity index (χ1v) is 16.0. The minimum atomic E-state index is -0.642. The van der Waals surface area contributed by atoms with Gasteiger partial charge in [-0.15, -0.1) is 0 Å². The fourth-order valence-electron chi connectivity index (χ4n) is 5.58. The Morgan fingerprint density at radius 2 is 1.50 bits per heavy atom. The Kier molecular flexibility index (Phi) is 13.7. The number of aliphatic hydroxyl groups is 2. The zero-order valence-corrected chi connectivity index (χ0v) is 26.7. The van der Waals surface area contributed by atoms with Crippen LogP contribution in [-0.4, -0.2) is 57.9 Å². The number of aliphatic hydroxyl groups excluding tert-OH is 2. The van der Waals surface area contributed by atoms with Gasteiger partial charge >= 0.3 is 0 Å². The largest absolute Gasteiger partial charge is 0.392 e. The number of amides is 2. The van der Waals surface area contributed by atoms with Crippen LogP contribution in [-0.2, 0) is 32.2 Å². The highest BCUT2D eigenvalue weighted by atomic mass is 16.7. The summed E-state index contributed by atoms with van der Waals surface area (Å²) in [7, 11) is 1.99. The summed E-state index contributed by atoms with van der Waals surface area (Å²) in [5.74, 6) is -0.469. The summed E-state index contributed by atoms with van der Waals surface area (Å²) in [5, 5.41) is 32.0. The highest BCUT2D eigenvalue weighted by Gasteiger charge is 2.34. The normalized spacial score (nSPS) is 19.4. The van der Waals surface area contributed by atoms with Crippen molar-refractivity contribution in [3.8, 4) is 0 Å². The molecule has 0 aliphatic carbocycles. The molecule has 0 spiro atoms. The first-order chi connectivity index (χ1) is 22.3. The van der Waals surface area contributed by atoms with Crippen LogP contribution in [0.4, 0.5) is 0 Å². The molecule has 5 N–H and O–H groups in total. The lowest BCUT2D eigenvalue weighted by Gasteiger charge is -2.39. The molecule has 1 aliphatic rings. The van der Waals surface area contributed by atoms with Gasteiger partial charge in [0.2, 0.25) is 11.8 Å². The van der Waals surface area contributed by atoms with Crippen molar-refractivity contribution in [2.24, 2.45) is 0 Å². The Balaban J connectivity index is 1.37. The summed E-state index contributed by atoms with van der Waals surface area (Å²) in [6.07, 6.45) is 1.61. The summed E-state index contributed by atoms with van der Waals surface area (Å²) >= 11 is 0. The van der Waals surface area contributed by atoms with Crippen molar-refractivity contribution in [3.05, 3.63) is 107 Å². The summed E-state index contributed by atoms with van der Waals surface area (Å²) in [6.45, 7) is 2.98. The maximum absolute atomic E-state index is 12.3. The van der Waals surface area contributed by atoms with Crippen LogP contribution in [0.25, 0.3) is 0 Å². The highest BCUT2D eigenvalue weighted by Crippen LogP contribution is 2.38. The van der Waals surface area contributed by atoms with E-state index in [9.17, 15) is 19.8 Å². The second-order valence-electron chi connectivity index (χ2n) is 12.0. The predicted molar refractivity (Wildman–Crippen MR) is 173 cm³/mol. The molecule has 5 atom stereocenters. The number of hydrogen-bond acceptors (Lipinski definition) is 8. The van der Waals surface area contributed by atoms with Gasteiger partial charge in [-0.25, -0.2) is 5.48 Å². The second kappa shape index (κ2) is 17.9. The van der Waals surface area contributed by atoms with Crippen LogP contribution in [0.2, 0.25) is 0 Å². The topological polar surface area (TPSA) is 141 Å². The van der Waals surface area contributed by atoms with Crippen molar-refractivity contribution >= 4 is 11.8 Å². The van der Waals surface area contributed by atoms with Gasteiger partial charge in [-0.05, 0) is 49.1 Å². The van der Waals surface area contributed by atoms with Gasteiger partial charge in [0.1, 0.15) is 0 Å². The quantitative estimate of drug-likeness (QED) is 0.0857. The maximum atomic E-state index is 12.3. The second-order valence-corrected chi connectivity index (χ2v) is 12.0. The SMILES string of the molecule is C[C@@H]([C@H](O)c1ccccc1)N(C)C[C@@H]1C[C@H](c2ccc(CO)cc2)O[C@H](c2ccc(CNC(=O)CCCCCC(=O)NO)cc2)O1. The molecule has 0 radical (unpaired) electrons. The van der Waals surface area contributed by atoms with E-state index in [1.807, 2.05) is 92.8 Å². The van der Waals surface area contributed by atoms with Gasteiger partial charge in [0.05, 0.1) is 24.9 Å². The Labute approximate surface area is 271 Å². The molecular weight excluding hydrogens is 586 g/mol. The van der Waals surface area contributed by atoms with Crippen molar-refractivity contribution in [1.82, 2.24) is 15.7 Å². The fourth-order valence-corrected chi connectivity index (χ4v) is 5.58. The number of rotatable bonds is 16. The number of nitrogens with zero attached hydrogens (tertiary/aromatic N) is 1. The molecule has 10 heteroatoms. The van der Waals surface area contributed by atoms with Crippen LogP contribution in [0.1, 0.15) is 91.8 Å². The van der Waals surface area contributed by atoms with E-state index >= 15 is 0 Å². The molecule has 3 aromatic carbocycles. The Morgan fingerprint density at radius 3 is 2.15 bits per heavy atom. The van der Waals surface area contributed by atoms with Crippen molar-refractivity contribution in [3.63, 3.8) is 0 Å². The van der Waals surface area contributed by atoms with Gasteiger partial charge in [0.25, 0.3) is 0 Å². The Hall–Kier alpha value is -3.64. The van der Waals surface area contributed by atoms with Crippen LogP contribution < -0.4 is 10.8 Å². The molecule has 248 valence electrons. The molecule has 1 fully saturated rings. The van der Waals surface area contributed by atoms with Crippen molar-refractivity contribution < 1.29 is 34.5 Å². The first-order valence-electron chi connectivity index (χ1n) is 16.0. The summed E-state index contributed by atoms with van der Waals surface area (Å²) in [5.41, 5.74) is 6.14. The zero-order chi connectivity index (χ0) is 32.9. The molecule has 0 saturated carbocycles. The van der Waals surface area contributed by atoms with E-state index in [0.717, 1.165) is 34.2 Å². The van der Waals surface area contributed by atoms with E-state index in [1.165, 1.54) is 0 Å². The number of hydroxylamine groups is 1. The van der Waals surface area contributed by atoms with E-state index in [-0.39, 0.29) is 37.2 Å². The van der Waals surface area contributed by atoms with Crippen molar-refractivity contribution in [1.29, 1.82) is 0 Å². The molecule has 1 heterocycles. The van der Waals surface area contributed by atoms with E-state index < -0.39 is 18.3 Å². The third-order valence-corrected chi connectivity index (χ3v) is 8.57. The number of unbranched alkanes of at least 4 members (excludes halogenated alkanes) is 2. The summed E-state index contributed by atoms with van der Waals surface area (Å²) in [6, 6.07) is 25.1. The van der Waals surface area contributed by atoms with Gasteiger partial charge in [-0.3, -0.25) is 19.7 Å². The lowest BCUT2D eigenvalue weighted by Crippen LogP contribution is -2.43. The van der Waals surface area contributed by atoms with Crippen LogP contribution in [0.15, 0.2) is 78.9 Å². The van der Waals surface area contributed by atoms with Gasteiger partial charge in [-0.1, -0.05) is 85.3 Å². The molecule has 0 unspecified atom stereocenters. The van der Waals surface area contributed by atoms with Gasteiger partial charge < -0.3 is 25.0 Å². The van der Waals surface area contributed by atoms with Gasteiger partial charge in [-0.2, -0.15) is 0 Å².